The number of hydrogen-bond donors (Lipinski definition) is 0. The Bertz CT molecular complexity index is 178. The fourth-order valence-corrected chi connectivity index (χ4v) is 3.54. The van der Waals surface area contributed by atoms with Gasteiger partial charge >= 0.3 is 0 Å². The fraction of sp³-hybridized carbons (Fsp3) is 1.00. The van der Waals surface area contributed by atoms with E-state index in [1.165, 1.54) is 25.7 Å². The van der Waals surface area contributed by atoms with Gasteiger partial charge < -0.3 is 0 Å². The minimum Gasteiger partial charge on any atom is -0.293 e. The van der Waals surface area contributed by atoms with Crippen molar-refractivity contribution in [1.82, 2.24) is 4.90 Å². The van der Waals surface area contributed by atoms with Gasteiger partial charge in [0.15, 0.2) is 0 Å². The summed E-state index contributed by atoms with van der Waals surface area (Å²) in [6.45, 7) is 9.53. The predicted molar refractivity (Wildman–Crippen MR) is 56.8 cm³/mol. The van der Waals surface area contributed by atoms with E-state index in [-0.39, 0.29) is 0 Å². The van der Waals surface area contributed by atoms with E-state index in [2.05, 4.69) is 32.6 Å². The molecule has 0 N–H and O–H groups in total. The van der Waals surface area contributed by atoms with E-state index in [0.29, 0.717) is 5.54 Å². The lowest BCUT2D eigenvalue weighted by Crippen LogP contribution is -2.52. The molecule has 2 aliphatic heterocycles. The van der Waals surface area contributed by atoms with Gasteiger partial charge in [0, 0.05) is 17.6 Å². The van der Waals surface area contributed by atoms with Gasteiger partial charge in [-0.05, 0) is 52.4 Å². The van der Waals surface area contributed by atoms with Crippen LogP contribution in [0.2, 0.25) is 0 Å². The molecule has 2 aliphatic rings. The first-order valence-electron chi connectivity index (χ1n) is 5.77. The second-order valence-corrected chi connectivity index (χ2v) is 6.04. The molecule has 0 saturated carbocycles. The average molecular weight is 181 g/mol. The van der Waals surface area contributed by atoms with Crippen molar-refractivity contribution in [2.45, 2.75) is 71.0 Å². The maximum absolute atomic E-state index is 2.78. The van der Waals surface area contributed by atoms with E-state index >= 15 is 0 Å². The van der Waals surface area contributed by atoms with Crippen LogP contribution in [0, 0.1) is 5.92 Å². The molecule has 1 unspecified atom stereocenters. The Labute approximate surface area is 82.5 Å². The highest BCUT2D eigenvalue weighted by atomic mass is 15.3. The maximum Gasteiger partial charge on any atom is 0.0130 e. The normalized spacial score (nSPS) is 41.1. The van der Waals surface area contributed by atoms with Crippen LogP contribution in [0.4, 0.5) is 0 Å². The molecule has 0 aromatic carbocycles. The standard InChI is InChI=1S/C12H23N/c1-9-7-10-5-6-11(8-9)13(10)12(2,3)4/h9-11H,5-8H2,1-4H3/t9?,10-,11+. The van der Waals surface area contributed by atoms with Gasteiger partial charge in [0.05, 0.1) is 0 Å². The van der Waals surface area contributed by atoms with Gasteiger partial charge in [-0.25, -0.2) is 0 Å². The number of rotatable bonds is 0. The molecule has 13 heavy (non-hydrogen) atoms. The summed E-state index contributed by atoms with van der Waals surface area (Å²) in [7, 11) is 0. The third-order valence-corrected chi connectivity index (χ3v) is 3.74. The van der Waals surface area contributed by atoms with Gasteiger partial charge in [-0.15, -0.1) is 0 Å². The highest BCUT2D eigenvalue weighted by Crippen LogP contribution is 2.42. The maximum atomic E-state index is 2.78. The first-order valence-corrected chi connectivity index (χ1v) is 5.77. The summed E-state index contributed by atoms with van der Waals surface area (Å²) in [6, 6.07) is 1.79. The van der Waals surface area contributed by atoms with Crippen molar-refractivity contribution in [3.63, 3.8) is 0 Å². The minimum atomic E-state index is 0.395. The van der Waals surface area contributed by atoms with Gasteiger partial charge in [0.1, 0.15) is 0 Å². The lowest BCUT2D eigenvalue weighted by Gasteiger charge is -2.46. The summed E-state index contributed by atoms with van der Waals surface area (Å²) in [5.74, 6) is 0.969. The predicted octanol–water partition coefficient (Wildman–Crippen LogP) is 3.05. The minimum absolute atomic E-state index is 0.395. The summed E-state index contributed by atoms with van der Waals surface area (Å²) < 4.78 is 0. The van der Waals surface area contributed by atoms with Crippen LogP contribution in [0.15, 0.2) is 0 Å². The highest BCUT2D eigenvalue weighted by Gasteiger charge is 2.43. The van der Waals surface area contributed by atoms with E-state index in [0.717, 1.165) is 18.0 Å². The van der Waals surface area contributed by atoms with Crippen LogP contribution in [0.25, 0.3) is 0 Å². The Morgan fingerprint density at radius 3 is 1.85 bits per heavy atom. The Hall–Kier alpha value is -0.0400. The zero-order valence-electron chi connectivity index (χ0n) is 9.51. The molecule has 2 heterocycles. The van der Waals surface area contributed by atoms with Crippen molar-refractivity contribution in [3.05, 3.63) is 0 Å². The molecule has 0 aromatic rings. The Morgan fingerprint density at radius 1 is 1.00 bits per heavy atom. The van der Waals surface area contributed by atoms with Gasteiger partial charge in [0.2, 0.25) is 0 Å². The fourth-order valence-electron chi connectivity index (χ4n) is 3.54. The quantitative estimate of drug-likeness (QED) is 0.555. The van der Waals surface area contributed by atoms with E-state index in [4.69, 9.17) is 0 Å². The zero-order chi connectivity index (χ0) is 9.64. The Balaban J connectivity index is 2.15. The molecule has 1 nitrogen and oxygen atoms in total. The molecule has 76 valence electrons. The molecule has 3 atom stereocenters. The van der Waals surface area contributed by atoms with Gasteiger partial charge in [-0.2, -0.15) is 0 Å². The van der Waals surface area contributed by atoms with Crippen LogP contribution in [0.5, 0.6) is 0 Å². The first kappa shape index (κ1) is 9.51. The van der Waals surface area contributed by atoms with Crippen molar-refractivity contribution < 1.29 is 0 Å². The van der Waals surface area contributed by atoms with Crippen molar-refractivity contribution >= 4 is 0 Å². The smallest absolute Gasteiger partial charge is 0.0130 e. The van der Waals surface area contributed by atoms with Gasteiger partial charge in [-0.1, -0.05) is 6.92 Å². The Morgan fingerprint density at radius 2 is 1.46 bits per heavy atom. The van der Waals surface area contributed by atoms with Crippen LogP contribution in [0.3, 0.4) is 0 Å². The molecule has 2 rings (SSSR count). The summed E-state index contributed by atoms with van der Waals surface area (Å²) >= 11 is 0. The number of nitrogens with zero attached hydrogens (tertiary/aromatic N) is 1. The lowest BCUT2D eigenvalue weighted by atomic mass is 9.88. The zero-order valence-corrected chi connectivity index (χ0v) is 9.51. The van der Waals surface area contributed by atoms with Crippen molar-refractivity contribution in [2.24, 2.45) is 5.92 Å². The second-order valence-electron chi connectivity index (χ2n) is 6.04. The molecular weight excluding hydrogens is 158 g/mol. The van der Waals surface area contributed by atoms with Crippen molar-refractivity contribution in [2.75, 3.05) is 0 Å². The van der Waals surface area contributed by atoms with E-state index < -0.39 is 0 Å². The molecule has 2 bridgehead atoms. The van der Waals surface area contributed by atoms with Crippen LogP contribution >= 0.6 is 0 Å². The lowest BCUT2D eigenvalue weighted by molar-refractivity contribution is 0.0258. The van der Waals surface area contributed by atoms with E-state index in [1.54, 1.807) is 0 Å². The summed E-state index contributed by atoms with van der Waals surface area (Å²) in [5.41, 5.74) is 0.395. The molecule has 0 aliphatic carbocycles. The van der Waals surface area contributed by atoms with E-state index in [9.17, 15) is 0 Å². The number of fused-ring (bicyclic) bond motifs is 2. The van der Waals surface area contributed by atoms with Crippen molar-refractivity contribution in [3.8, 4) is 0 Å². The monoisotopic (exact) mass is 181 g/mol. The van der Waals surface area contributed by atoms with Crippen LogP contribution in [-0.4, -0.2) is 22.5 Å². The molecule has 0 radical (unpaired) electrons. The largest absolute Gasteiger partial charge is 0.293 e. The number of piperidine rings is 1. The van der Waals surface area contributed by atoms with Crippen LogP contribution in [-0.2, 0) is 0 Å². The second kappa shape index (κ2) is 2.98. The molecule has 0 spiro atoms. The summed E-state index contributed by atoms with van der Waals surface area (Å²) in [5, 5.41) is 0. The van der Waals surface area contributed by atoms with E-state index in [1.807, 2.05) is 0 Å². The van der Waals surface area contributed by atoms with Gasteiger partial charge in [-0.3, -0.25) is 4.90 Å². The molecular formula is C12H23N. The first-order chi connectivity index (χ1) is 5.98. The molecule has 2 fully saturated rings. The average Bonchev–Trinajstić information content (AvgIpc) is 2.23. The topological polar surface area (TPSA) is 3.24 Å². The van der Waals surface area contributed by atoms with Gasteiger partial charge in [0.25, 0.3) is 0 Å². The Kier molecular flexibility index (Phi) is 2.18. The number of hydrogen-bond acceptors (Lipinski definition) is 1. The SMILES string of the molecule is CC1C[C@H]2CC[C@@H](C1)N2C(C)(C)C. The molecule has 1 heteroatoms. The van der Waals surface area contributed by atoms with Crippen molar-refractivity contribution in [1.29, 1.82) is 0 Å². The molecule has 0 amide bonds. The summed E-state index contributed by atoms with van der Waals surface area (Å²) in [6.07, 6.45) is 5.78. The van der Waals surface area contributed by atoms with Crippen LogP contribution in [0.1, 0.15) is 53.4 Å². The third-order valence-electron chi connectivity index (χ3n) is 3.74. The molecule has 2 saturated heterocycles. The molecule has 0 aromatic heterocycles. The summed E-state index contributed by atoms with van der Waals surface area (Å²) in [4.78, 5) is 2.78. The highest BCUT2D eigenvalue weighted by molar-refractivity contribution is 4.99. The third kappa shape index (κ3) is 1.63. The van der Waals surface area contributed by atoms with Crippen LogP contribution < -0.4 is 0 Å².